The Morgan fingerprint density at radius 2 is 1.91 bits per heavy atom. The first-order chi connectivity index (χ1) is 10.7. The first-order valence-corrected chi connectivity index (χ1v) is 7.72. The van der Waals surface area contributed by atoms with Crippen molar-refractivity contribution in [3.05, 3.63) is 23.8 Å². The van der Waals surface area contributed by atoms with Crippen LogP contribution in [0, 0.1) is 0 Å². The number of hydrogen-bond acceptors (Lipinski definition) is 4. The van der Waals surface area contributed by atoms with E-state index < -0.39 is 18.0 Å². The Kier molecular flexibility index (Phi) is 6.42. The largest absolute Gasteiger partial charge is 0.495 e. The van der Waals surface area contributed by atoms with E-state index in [1.807, 2.05) is 18.2 Å². The van der Waals surface area contributed by atoms with Crippen molar-refractivity contribution in [3.8, 4) is 5.75 Å². The Bertz CT molecular complexity index is 565. The first-order valence-electron chi connectivity index (χ1n) is 7.72. The quantitative estimate of drug-likeness (QED) is 0.779. The Morgan fingerprint density at radius 3 is 2.43 bits per heavy atom. The van der Waals surface area contributed by atoms with E-state index in [1.165, 1.54) is 0 Å². The van der Waals surface area contributed by atoms with Gasteiger partial charge in [-0.2, -0.15) is 0 Å². The standard InChI is InChI=1S/C17H27N3O3/c1-7-18-16(22)20-15(21)11(2)19-13-10-12(17(3,4)5)8-9-14(13)23-6/h8-11,19H,7H2,1-6H3,(H2,18,20,21,22)/t11-/m1/s1. The fraction of sp³-hybridized carbons (Fsp3) is 0.529. The SMILES string of the molecule is CCNC(=O)NC(=O)[C@@H](C)Nc1cc(C(C)(C)C)ccc1OC. The van der Waals surface area contributed by atoms with Gasteiger partial charge in [-0.25, -0.2) is 4.79 Å². The van der Waals surface area contributed by atoms with Crippen molar-refractivity contribution in [2.75, 3.05) is 19.0 Å². The van der Waals surface area contributed by atoms with E-state index in [4.69, 9.17) is 4.74 Å². The fourth-order valence-electron chi connectivity index (χ4n) is 2.01. The molecule has 1 atom stereocenters. The van der Waals surface area contributed by atoms with E-state index in [9.17, 15) is 9.59 Å². The molecule has 0 saturated carbocycles. The molecule has 0 spiro atoms. The van der Waals surface area contributed by atoms with Gasteiger partial charge in [0.2, 0.25) is 5.91 Å². The molecule has 3 N–H and O–H groups in total. The van der Waals surface area contributed by atoms with Gasteiger partial charge in [0.05, 0.1) is 12.8 Å². The van der Waals surface area contributed by atoms with Gasteiger partial charge >= 0.3 is 6.03 Å². The van der Waals surface area contributed by atoms with E-state index in [0.717, 1.165) is 11.3 Å². The third-order valence-electron chi connectivity index (χ3n) is 3.40. The molecule has 0 radical (unpaired) electrons. The van der Waals surface area contributed by atoms with E-state index in [2.05, 4.69) is 36.7 Å². The molecule has 23 heavy (non-hydrogen) atoms. The average molecular weight is 321 g/mol. The smallest absolute Gasteiger partial charge is 0.321 e. The molecule has 0 fully saturated rings. The molecule has 3 amide bonds. The lowest BCUT2D eigenvalue weighted by atomic mass is 9.86. The number of imide groups is 1. The molecule has 1 aromatic rings. The van der Waals surface area contributed by atoms with Crippen LogP contribution in [0.15, 0.2) is 18.2 Å². The molecule has 6 heteroatoms. The summed E-state index contributed by atoms with van der Waals surface area (Å²) < 4.78 is 5.34. The highest BCUT2D eigenvalue weighted by molar-refractivity contribution is 5.98. The molecule has 0 aliphatic carbocycles. The number of ether oxygens (including phenoxy) is 1. The van der Waals surface area contributed by atoms with E-state index >= 15 is 0 Å². The summed E-state index contributed by atoms with van der Waals surface area (Å²) in [5.74, 6) is 0.245. The minimum absolute atomic E-state index is 0.0186. The van der Waals surface area contributed by atoms with Gasteiger partial charge < -0.3 is 15.4 Å². The summed E-state index contributed by atoms with van der Waals surface area (Å²) in [7, 11) is 1.58. The molecule has 6 nitrogen and oxygen atoms in total. The summed E-state index contributed by atoms with van der Waals surface area (Å²) in [5.41, 5.74) is 1.82. The minimum Gasteiger partial charge on any atom is -0.495 e. The lowest BCUT2D eigenvalue weighted by Crippen LogP contribution is -2.45. The van der Waals surface area contributed by atoms with Crippen molar-refractivity contribution in [1.82, 2.24) is 10.6 Å². The van der Waals surface area contributed by atoms with Crippen molar-refractivity contribution in [3.63, 3.8) is 0 Å². The Hall–Kier alpha value is -2.24. The molecule has 0 unspecified atom stereocenters. The van der Waals surface area contributed by atoms with Crippen LogP contribution in [0.5, 0.6) is 5.75 Å². The first kappa shape index (κ1) is 18.8. The Morgan fingerprint density at radius 1 is 1.26 bits per heavy atom. The maximum absolute atomic E-state index is 12.0. The maximum atomic E-state index is 12.0. The van der Waals surface area contributed by atoms with Gasteiger partial charge in [-0.15, -0.1) is 0 Å². The number of methoxy groups -OCH3 is 1. The van der Waals surface area contributed by atoms with E-state index in [1.54, 1.807) is 21.0 Å². The molecule has 0 bridgehead atoms. The molecule has 128 valence electrons. The number of urea groups is 1. The predicted molar refractivity (Wildman–Crippen MR) is 92.0 cm³/mol. The number of carbonyl (C=O) groups is 2. The number of hydrogen-bond donors (Lipinski definition) is 3. The topological polar surface area (TPSA) is 79.5 Å². The molecule has 1 rings (SSSR count). The van der Waals surface area contributed by atoms with E-state index in [0.29, 0.717) is 12.3 Å². The minimum atomic E-state index is -0.582. The zero-order valence-electron chi connectivity index (χ0n) is 14.7. The highest BCUT2D eigenvalue weighted by Crippen LogP contribution is 2.31. The summed E-state index contributed by atoms with van der Waals surface area (Å²) in [6.45, 7) is 10.3. The molecule has 0 heterocycles. The number of amides is 3. The number of anilines is 1. The molecule has 0 aliphatic heterocycles. The van der Waals surface area contributed by atoms with Crippen LogP contribution in [0.2, 0.25) is 0 Å². The molecular formula is C17H27N3O3. The van der Waals surface area contributed by atoms with Crippen LogP contribution in [0.1, 0.15) is 40.2 Å². The number of benzene rings is 1. The Balaban J connectivity index is 2.89. The molecule has 1 aromatic carbocycles. The van der Waals surface area contributed by atoms with Gasteiger partial charge in [0.25, 0.3) is 0 Å². The molecule has 0 aromatic heterocycles. The van der Waals surface area contributed by atoms with Crippen molar-refractivity contribution < 1.29 is 14.3 Å². The zero-order valence-corrected chi connectivity index (χ0v) is 14.7. The van der Waals surface area contributed by atoms with Crippen molar-refractivity contribution >= 4 is 17.6 Å². The highest BCUT2D eigenvalue weighted by atomic mass is 16.5. The number of nitrogens with one attached hydrogen (secondary N) is 3. The van der Waals surface area contributed by atoms with Crippen LogP contribution in [0.3, 0.4) is 0 Å². The zero-order chi connectivity index (χ0) is 17.6. The number of carbonyl (C=O) groups excluding carboxylic acids is 2. The van der Waals surface area contributed by atoms with Gasteiger partial charge in [0.1, 0.15) is 11.8 Å². The number of rotatable bonds is 5. The Labute approximate surface area is 138 Å². The third kappa shape index (κ3) is 5.47. The highest BCUT2D eigenvalue weighted by Gasteiger charge is 2.19. The second-order valence-electron chi connectivity index (χ2n) is 6.38. The molecular weight excluding hydrogens is 294 g/mol. The average Bonchev–Trinajstić information content (AvgIpc) is 2.46. The third-order valence-corrected chi connectivity index (χ3v) is 3.40. The summed E-state index contributed by atoms with van der Waals surface area (Å²) in [5, 5.41) is 7.92. The normalized spacial score (nSPS) is 12.3. The monoisotopic (exact) mass is 321 g/mol. The van der Waals surface area contributed by atoms with Crippen LogP contribution >= 0.6 is 0 Å². The van der Waals surface area contributed by atoms with E-state index in [-0.39, 0.29) is 5.41 Å². The van der Waals surface area contributed by atoms with Gasteiger partial charge in [0.15, 0.2) is 0 Å². The van der Waals surface area contributed by atoms with Crippen molar-refractivity contribution in [2.45, 2.75) is 46.1 Å². The molecule has 0 saturated heterocycles. The lowest BCUT2D eigenvalue weighted by Gasteiger charge is -2.23. The summed E-state index contributed by atoms with van der Waals surface area (Å²) in [6, 6.07) is 4.76. The van der Waals surface area contributed by atoms with Crippen LogP contribution < -0.4 is 20.7 Å². The molecule has 0 aliphatic rings. The van der Waals surface area contributed by atoms with Gasteiger partial charge in [-0.3, -0.25) is 10.1 Å². The summed E-state index contributed by atoms with van der Waals surface area (Å²) in [4.78, 5) is 23.5. The van der Waals surface area contributed by atoms with Crippen LogP contribution in [-0.2, 0) is 10.2 Å². The lowest BCUT2D eigenvalue weighted by molar-refractivity contribution is -0.120. The van der Waals surface area contributed by atoms with Crippen molar-refractivity contribution in [1.29, 1.82) is 0 Å². The maximum Gasteiger partial charge on any atom is 0.321 e. The van der Waals surface area contributed by atoms with Gasteiger partial charge in [-0.05, 0) is 37.0 Å². The second kappa shape index (κ2) is 7.85. The fourth-order valence-corrected chi connectivity index (χ4v) is 2.01. The van der Waals surface area contributed by atoms with Gasteiger partial charge in [0, 0.05) is 6.54 Å². The predicted octanol–water partition coefficient (Wildman–Crippen LogP) is 2.64. The van der Waals surface area contributed by atoms with Crippen molar-refractivity contribution in [2.24, 2.45) is 0 Å². The van der Waals surface area contributed by atoms with Crippen LogP contribution in [0.25, 0.3) is 0 Å². The van der Waals surface area contributed by atoms with Crippen LogP contribution in [-0.4, -0.2) is 31.6 Å². The second-order valence-corrected chi connectivity index (χ2v) is 6.38. The summed E-state index contributed by atoms with van der Waals surface area (Å²) in [6.07, 6.45) is 0. The van der Waals surface area contributed by atoms with Crippen LogP contribution in [0.4, 0.5) is 10.5 Å². The van der Waals surface area contributed by atoms with Gasteiger partial charge in [-0.1, -0.05) is 26.8 Å². The summed E-state index contributed by atoms with van der Waals surface area (Å²) >= 11 is 0.